The molecule has 0 aliphatic carbocycles. The van der Waals surface area contributed by atoms with Crippen molar-refractivity contribution in [2.45, 2.75) is 19.8 Å². The summed E-state index contributed by atoms with van der Waals surface area (Å²) in [5, 5.41) is 11.6. The van der Waals surface area contributed by atoms with E-state index in [0.717, 1.165) is 12.8 Å². The first-order valence-corrected chi connectivity index (χ1v) is 6.98. The summed E-state index contributed by atoms with van der Waals surface area (Å²) < 4.78 is 13.2. The minimum Gasteiger partial charge on any atom is -0.396 e. The van der Waals surface area contributed by atoms with E-state index in [2.05, 4.69) is 5.32 Å². The van der Waals surface area contributed by atoms with Gasteiger partial charge in [-0.3, -0.25) is 9.59 Å². The first-order chi connectivity index (χ1) is 10.0. The van der Waals surface area contributed by atoms with Gasteiger partial charge >= 0.3 is 11.8 Å². The Kier molecular flexibility index (Phi) is 4.90. The van der Waals surface area contributed by atoms with Crippen LogP contribution in [0.2, 0.25) is 0 Å². The first-order valence-electron chi connectivity index (χ1n) is 6.98. The zero-order valence-electron chi connectivity index (χ0n) is 11.9. The van der Waals surface area contributed by atoms with Gasteiger partial charge in [0.05, 0.1) is 0 Å². The highest BCUT2D eigenvalue weighted by molar-refractivity contribution is 6.39. The Balaban J connectivity index is 1.99. The molecule has 1 aliphatic rings. The Hall–Kier alpha value is -1.95. The van der Waals surface area contributed by atoms with Crippen molar-refractivity contribution in [1.29, 1.82) is 0 Å². The maximum atomic E-state index is 13.2. The SMILES string of the molecule is Cc1cc(NC(=O)C(=O)N2CCCC(CO)C2)ccc1F. The Morgan fingerprint density at radius 1 is 1.48 bits per heavy atom. The van der Waals surface area contributed by atoms with Crippen LogP contribution in [-0.2, 0) is 9.59 Å². The summed E-state index contributed by atoms with van der Waals surface area (Å²) in [4.78, 5) is 25.5. The Morgan fingerprint density at radius 2 is 2.24 bits per heavy atom. The molecule has 1 unspecified atom stereocenters. The molecule has 0 radical (unpaired) electrons. The molecule has 114 valence electrons. The summed E-state index contributed by atoms with van der Waals surface area (Å²) in [6.45, 7) is 2.52. The van der Waals surface area contributed by atoms with E-state index in [0.29, 0.717) is 24.3 Å². The van der Waals surface area contributed by atoms with Crippen LogP contribution in [-0.4, -0.2) is 41.5 Å². The Labute approximate surface area is 122 Å². The van der Waals surface area contributed by atoms with Crippen LogP contribution in [0.1, 0.15) is 18.4 Å². The third kappa shape index (κ3) is 3.78. The minimum atomic E-state index is -0.736. The number of carbonyl (C=O) groups is 2. The van der Waals surface area contributed by atoms with Crippen molar-refractivity contribution in [2.24, 2.45) is 5.92 Å². The quantitative estimate of drug-likeness (QED) is 0.808. The number of piperidine rings is 1. The van der Waals surface area contributed by atoms with Gasteiger partial charge < -0.3 is 15.3 Å². The van der Waals surface area contributed by atoms with E-state index in [1.165, 1.54) is 23.1 Å². The van der Waals surface area contributed by atoms with Crippen molar-refractivity contribution in [1.82, 2.24) is 4.90 Å². The van der Waals surface area contributed by atoms with Crippen LogP contribution in [0.4, 0.5) is 10.1 Å². The van der Waals surface area contributed by atoms with Gasteiger partial charge in [0.25, 0.3) is 0 Å². The molecule has 2 rings (SSSR count). The molecule has 1 atom stereocenters. The molecule has 0 spiro atoms. The minimum absolute atomic E-state index is 0.0164. The molecule has 1 aromatic carbocycles. The number of carbonyl (C=O) groups excluding carboxylic acids is 2. The number of halogens is 1. The van der Waals surface area contributed by atoms with Crippen LogP contribution in [0, 0.1) is 18.7 Å². The predicted octanol–water partition coefficient (Wildman–Crippen LogP) is 1.30. The number of nitrogens with zero attached hydrogens (tertiary/aromatic N) is 1. The van der Waals surface area contributed by atoms with Crippen LogP contribution in [0.3, 0.4) is 0 Å². The number of anilines is 1. The lowest BCUT2D eigenvalue weighted by Gasteiger charge is -2.31. The number of aryl methyl sites for hydroxylation is 1. The molecule has 1 heterocycles. The summed E-state index contributed by atoms with van der Waals surface area (Å²) >= 11 is 0. The van der Waals surface area contributed by atoms with E-state index in [1.807, 2.05) is 0 Å². The zero-order chi connectivity index (χ0) is 15.4. The van der Waals surface area contributed by atoms with Gasteiger partial charge in [-0.1, -0.05) is 0 Å². The number of hydrogen-bond donors (Lipinski definition) is 2. The van der Waals surface area contributed by atoms with Gasteiger partial charge in [0.1, 0.15) is 5.82 Å². The summed E-state index contributed by atoms with van der Waals surface area (Å²) in [5.41, 5.74) is 0.793. The number of hydrogen-bond acceptors (Lipinski definition) is 3. The molecule has 2 N–H and O–H groups in total. The number of aliphatic hydroxyl groups excluding tert-OH is 1. The van der Waals surface area contributed by atoms with Crippen LogP contribution in [0.5, 0.6) is 0 Å². The van der Waals surface area contributed by atoms with Gasteiger partial charge in [0, 0.05) is 25.4 Å². The standard InChI is InChI=1S/C15H19FN2O3/c1-10-7-12(4-5-13(10)16)17-14(20)15(21)18-6-2-3-11(8-18)9-19/h4-5,7,11,19H,2-3,6,8-9H2,1H3,(H,17,20). The first kappa shape index (κ1) is 15.4. The smallest absolute Gasteiger partial charge is 0.313 e. The van der Waals surface area contributed by atoms with E-state index in [1.54, 1.807) is 6.92 Å². The highest BCUT2D eigenvalue weighted by Crippen LogP contribution is 2.17. The van der Waals surface area contributed by atoms with Crippen LogP contribution < -0.4 is 5.32 Å². The molecule has 1 fully saturated rings. The highest BCUT2D eigenvalue weighted by atomic mass is 19.1. The summed E-state index contributed by atoms with van der Waals surface area (Å²) in [6, 6.07) is 4.14. The third-order valence-corrected chi connectivity index (χ3v) is 3.67. The van der Waals surface area contributed by atoms with E-state index in [-0.39, 0.29) is 18.3 Å². The topological polar surface area (TPSA) is 69.6 Å². The van der Waals surface area contributed by atoms with Gasteiger partial charge in [-0.05, 0) is 49.4 Å². The number of benzene rings is 1. The number of amides is 2. The fourth-order valence-electron chi connectivity index (χ4n) is 2.45. The van der Waals surface area contributed by atoms with Gasteiger partial charge in [0.15, 0.2) is 0 Å². The number of likely N-dealkylation sites (tertiary alicyclic amines) is 1. The molecule has 0 aromatic heterocycles. The second kappa shape index (κ2) is 6.67. The summed E-state index contributed by atoms with van der Waals surface area (Å²) in [5.74, 6) is -1.68. The Bertz CT molecular complexity index is 548. The van der Waals surface area contributed by atoms with E-state index in [4.69, 9.17) is 5.11 Å². The molecule has 2 amide bonds. The molecule has 6 heteroatoms. The fourth-order valence-corrected chi connectivity index (χ4v) is 2.45. The van der Waals surface area contributed by atoms with E-state index >= 15 is 0 Å². The van der Waals surface area contributed by atoms with Crippen molar-refractivity contribution in [3.8, 4) is 0 Å². The lowest BCUT2D eigenvalue weighted by molar-refractivity contribution is -0.144. The fraction of sp³-hybridized carbons (Fsp3) is 0.467. The molecule has 1 saturated heterocycles. The third-order valence-electron chi connectivity index (χ3n) is 3.67. The summed E-state index contributed by atoms with van der Waals surface area (Å²) in [7, 11) is 0. The predicted molar refractivity (Wildman–Crippen MR) is 76.2 cm³/mol. The lowest BCUT2D eigenvalue weighted by atomic mass is 9.99. The molecule has 0 bridgehead atoms. The maximum absolute atomic E-state index is 13.2. The van der Waals surface area contributed by atoms with Crippen LogP contribution >= 0.6 is 0 Å². The second-order valence-corrected chi connectivity index (χ2v) is 5.36. The van der Waals surface area contributed by atoms with Gasteiger partial charge in [0.2, 0.25) is 0 Å². The zero-order valence-corrected chi connectivity index (χ0v) is 11.9. The molecule has 1 aliphatic heterocycles. The van der Waals surface area contributed by atoms with Crippen molar-refractivity contribution >= 4 is 17.5 Å². The van der Waals surface area contributed by atoms with Crippen molar-refractivity contribution in [2.75, 3.05) is 25.0 Å². The molecule has 5 nitrogen and oxygen atoms in total. The average Bonchev–Trinajstić information content (AvgIpc) is 2.50. The molecule has 0 saturated carbocycles. The van der Waals surface area contributed by atoms with Crippen molar-refractivity contribution < 1.29 is 19.1 Å². The number of aliphatic hydroxyl groups is 1. The van der Waals surface area contributed by atoms with Gasteiger partial charge in [-0.2, -0.15) is 0 Å². The highest BCUT2D eigenvalue weighted by Gasteiger charge is 2.27. The second-order valence-electron chi connectivity index (χ2n) is 5.36. The van der Waals surface area contributed by atoms with Gasteiger partial charge in [-0.25, -0.2) is 4.39 Å². The summed E-state index contributed by atoms with van der Waals surface area (Å²) in [6.07, 6.45) is 1.64. The van der Waals surface area contributed by atoms with Crippen LogP contribution in [0.25, 0.3) is 0 Å². The lowest BCUT2D eigenvalue weighted by Crippen LogP contribution is -2.45. The van der Waals surface area contributed by atoms with E-state index < -0.39 is 11.8 Å². The monoisotopic (exact) mass is 294 g/mol. The number of rotatable bonds is 2. The molecular formula is C15H19FN2O3. The maximum Gasteiger partial charge on any atom is 0.313 e. The van der Waals surface area contributed by atoms with E-state index in [9.17, 15) is 14.0 Å². The van der Waals surface area contributed by atoms with Gasteiger partial charge in [-0.15, -0.1) is 0 Å². The Morgan fingerprint density at radius 3 is 2.90 bits per heavy atom. The molecule has 21 heavy (non-hydrogen) atoms. The average molecular weight is 294 g/mol. The normalized spacial score (nSPS) is 18.4. The largest absolute Gasteiger partial charge is 0.396 e. The van der Waals surface area contributed by atoms with Crippen molar-refractivity contribution in [3.63, 3.8) is 0 Å². The molecular weight excluding hydrogens is 275 g/mol. The molecule has 1 aromatic rings. The van der Waals surface area contributed by atoms with Crippen LogP contribution in [0.15, 0.2) is 18.2 Å². The van der Waals surface area contributed by atoms with Crippen molar-refractivity contribution in [3.05, 3.63) is 29.6 Å². The number of nitrogens with one attached hydrogen (secondary N) is 1.